The minimum atomic E-state index is -0.905. The van der Waals surface area contributed by atoms with Crippen LogP contribution in [0.3, 0.4) is 0 Å². The van der Waals surface area contributed by atoms with Gasteiger partial charge in [0.15, 0.2) is 0 Å². The van der Waals surface area contributed by atoms with Gasteiger partial charge >= 0.3 is 5.97 Å². The molecule has 5 heteroatoms. The Bertz CT molecular complexity index is 649. The summed E-state index contributed by atoms with van der Waals surface area (Å²) in [4.78, 5) is 25.4. The van der Waals surface area contributed by atoms with Crippen molar-refractivity contribution in [3.63, 3.8) is 0 Å². The SMILES string of the molecule is C[C@@H](CN(Cc1ccccc1)C(=O)c1cccn1C)C(=O)O. The van der Waals surface area contributed by atoms with Crippen LogP contribution in [0.25, 0.3) is 0 Å². The van der Waals surface area contributed by atoms with Gasteiger partial charge in [-0.3, -0.25) is 9.59 Å². The van der Waals surface area contributed by atoms with E-state index in [0.717, 1.165) is 5.56 Å². The Morgan fingerprint density at radius 2 is 1.86 bits per heavy atom. The topological polar surface area (TPSA) is 62.5 Å². The van der Waals surface area contributed by atoms with E-state index in [1.165, 1.54) is 0 Å². The van der Waals surface area contributed by atoms with E-state index < -0.39 is 11.9 Å². The first kappa shape index (κ1) is 15.8. The van der Waals surface area contributed by atoms with E-state index in [2.05, 4.69) is 0 Å². The van der Waals surface area contributed by atoms with Crippen molar-refractivity contribution < 1.29 is 14.7 Å². The minimum absolute atomic E-state index is 0.163. The molecule has 0 aliphatic heterocycles. The van der Waals surface area contributed by atoms with Crippen molar-refractivity contribution >= 4 is 11.9 Å². The molecule has 0 aliphatic rings. The molecule has 1 amide bonds. The number of hydrogen-bond donors (Lipinski definition) is 1. The van der Waals surface area contributed by atoms with Crippen LogP contribution in [0, 0.1) is 5.92 Å². The van der Waals surface area contributed by atoms with E-state index >= 15 is 0 Å². The van der Waals surface area contributed by atoms with Crippen LogP contribution >= 0.6 is 0 Å². The molecule has 1 aromatic carbocycles. The van der Waals surface area contributed by atoms with Crippen molar-refractivity contribution in [1.29, 1.82) is 0 Å². The fourth-order valence-electron chi connectivity index (χ4n) is 2.28. The number of carboxylic acid groups (broad SMARTS) is 1. The van der Waals surface area contributed by atoms with Crippen LogP contribution in [-0.4, -0.2) is 33.0 Å². The predicted molar refractivity (Wildman–Crippen MR) is 83.4 cm³/mol. The lowest BCUT2D eigenvalue weighted by molar-refractivity contribution is -0.141. The lowest BCUT2D eigenvalue weighted by Crippen LogP contribution is -2.37. The summed E-state index contributed by atoms with van der Waals surface area (Å²) in [5, 5.41) is 9.12. The van der Waals surface area contributed by atoms with E-state index in [9.17, 15) is 9.59 Å². The summed E-state index contributed by atoms with van der Waals surface area (Å²) >= 11 is 0. The zero-order valence-corrected chi connectivity index (χ0v) is 12.8. The average molecular weight is 300 g/mol. The molecule has 2 aromatic rings. The van der Waals surface area contributed by atoms with Crippen molar-refractivity contribution in [1.82, 2.24) is 9.47 Å². The number of carbonyl (C=O) groups is 2. The van der Waals surface area contributed by atoms with Gasteiger partial charge in [-0.2, -0.15) is 0 Å². The van der Waals surface area contributed by atoms with Gasteiger partial charge in [-0.25, -0.2) is 0 Å². The molecule has 1 atom stereocenters. The number of amides is 1. The van der Waals surface area contributed by atoms with Gasteiger partial charge in [0.2, 0.25) is 0 Å². The van der Waals surface area contributed by atoms with E-state index in [1.54, 1.807) is 41.8 Å². The molecule has 0 saturated carbocycles. The third-order valence-corrected chi connectivity index (χ3v) is 3.58. The highest BCUT2D eigenvalue weighted by Crippen LogP contribution is 2.13. The summed E-state index contributed by atoms with van der Waals surface area (Å²) in [6.07, 6.45) is 1.80. The summed E-state index contributed by atoms with van der Waals surface area (Å²) in [5.41, 5.74) is 1.52. The maximum absolute atomic E-state index is 12.7. The molecule has 1 aromatic heterocycles. The van der Waals surface area contributed by atoms with E-state index in [0.29, 0.717) is 12.2 Å². The number of nitrogens with zero attached hydrogens (tertiary/aromatic N) is 2. The van der Waals surface area contributed by atoms with Gasteiger partial charge in [0, 0.05) is 26.3 Å². The van der Waals surface area contributed by atoms with Crippen LogP contribution in [0.15, 0.2) is 48.7 Å². The van der Waals surface area contributed by atoms with Gasteiger partial charge in [0.25, 0.3) is 5.91 Å². The highest BCUT2D eigenvalue weighted by atomic mass is 16.4. The Morgan fingerprint density at radius 1 is 1.18 bits per heavy atom. The second-order valence-electron chi connectivity index (χ2n) is 5.41. The molecule has 2 rings (SSSR count). The number of aryl methyl sites for hydroxylation is 1. The quantitative estimate of drug-likeness (QED) is 0.891. The highest BCUT2D eigenvalue weighted by molar-refractivity contribution is 5.93. The first-order chi connectivity index (χ1) is 10.5. The highest BCUT2D eigenvalue weighted by Gasteiger charge is 2.23. The zero-order valence-electron chi connectivity index (χ0n) is 12.8. The molecule has 0 aliphatic carbocycles. The van der Waals surface area contributed by atoms with E-state index in [-0.39, 0.29) is 12.5 Å². The lowest BCUT2D eigenvalue weighted by Gasteiger charge is -2.25. The van der Waals surface area contributed by atoms with Crippen molar-refractivity contribution in [2.24, 2.45) is 13.0 Å². The lowest BCUT2D eigenvalue weighted by atomic mass is 10.1. The number of carbonyl (C=O) groups excluding carboxylic acids is 1. The molecular formula is C17H20N2O3. The molecule has 22 heavy (non-hydrogen) atoms. The van der Waals surface area contributed by atoms with Crippen molar-refractivity contribution in [2.75, 3.05) is 6.54 Å². The third kappa shape index (κ3) is 3.75. The summed E-state index contributed by atoms with van der Waals surface area (Å²) < 4.78 is 1.74. The normalized spacial score (nSPS) is 11.9. The number of rotatable bonds is 6. The maximum atomic E-state index is 12.7. The van der Waals surface area contributed by atoms with Crippen LogP contribution in [-0.2, 0) is 18.4 Å². The van der Waals surface area contributed by atoms with Gasteiger partial charge in [-0.05, 0) is 17.7 Å². The summed E-state index contributed by atoms with van der Waals surface area (Å²) in [6.45, 7) is 2.18. The second-order valence-corrected chi connectivity index (χ2v) is 5.41. The van der Waals surface area contributed by atoms with Crippen molar-refractivity contribution in [2.45, 2.75) is 13.5 Å². The molecule has 0 saturated heterocycles. The fourth-order valence-corrected chi connectivity index (χ4v) is 2.28. The zero-order chi connectivity index (χ0) is 16.1. The number of aliphatic carboxylic acids is 1. The summed E-state index contributed by atoms with van der Waals surface area (Å²) in [7, 11) is 1.80. The number of hydrogen-bond acceptors (Lipinski definition) is 2. The van der Waals surface area contributed by atoms with Crippen LogP contribution in [0.2, 0.25) is 0 Å². The molecule has 0 spiro atoms. The Morgan fingerprint density at radius 3 is 2.41 bits per heavy atom. The Kier molecular flexibility index (Phi) is 4.99. The standard InChI is InChI=1S/C17H20N2O3/c1-13(17(21)22)11-19(12-14-7-4-3-5-8-14)16(20)15-9-6-10-18(15)2/h3-10,13H,11-12H2,1-2H3,(H,21,22)/t13-/m0/s1. The molecule has 116 valence electrons. The van der Waals surface area contributed by atoms with Crippen LogP contribution < -0.4 is 0 Å². The molecule has 0 fully saturated rings. The monoisotopic (exact) mass is 300 g/mol. The Labute approximate surface area is 129 Å². The Hall–Kier alpha value is -2.56. The largest absolute Gasteiger partial charge is 0.481 e. The number of carboxylic acids is 1. The predicted octanol–water partition coefficient (Wildman–Crippen LogP) is 2.39. The third-order valence-electron chi connectivity index (χ3n) is 3.58. The fraction of sp³-hybridized carbons (Fsp3) is 0.294. The summed E-state index contributed by atoms with van der Waals surface area (Å²) in [5.74, 6) is -1.69. The molecule has 1 heterocycles. The number of aromatic nitrogens is 1. The van der Waals surface area contributed by atoms with E-state index in [4.69, 9.17) is 5.11 Å². The molecule has 5 nitrogen and oxygen atoms in total. The van der Waals surface area contributed by atoms with Crippen molar-refractivity contribution in [3.05, 3.63) is 59.9 Å². The van der Waals surface area contributed by atoms with Crippen molar-refractivity contribution in [3.8, 4) is 0 Å². The molecule has 1 N–H and O–H groups in total. The second kappa shape index (κ2) is 6.93. The average Bonchev–Trinajstić information content (AvgIpc) is 2.92. The first-order valence-corrected chi connectivity index (χ1v) is 7.16. The Balaban J connectivity index is 2.23. The maximum Gasteiger partial charge on any atom is 0.308 e. The van der Waals surface area contributed by atoms with Crippen LogP contribution in [0.5, 0.6) is 0 Å². The first-order valence-electron chi connectivity index (χ1n) is 7.16. The molecule has 0 radical (unpaired) electrons. The van der Waals surface area contributed by atoms with Gasteiger partial charge in [0.05, 0.1) is 5.92 Å². The van der Waals surface area contributed by atoms with Gasteiger partial charge < -0.3 is 14.6 Å². The molecule has 0 unspecified atom stereocenters. The number of benzene rings is 1. The molecular weight excluding hydrogens is 280 g/mol. The van der Waals surface area contributed by atoms with E-state index in [1.807, 2.05) is 30.3 Å². The van der Waals surface area contributed by atoms with Gasteiger partial charge in [0.1, 0.15) is 5.69 Å². The molecule has 0 bridgehead atoms. The summed E-state index contributed by atoms with van der Waals surface area (Å²) in [6, 6.07) is 13.1. The smallest absolute Gasteiger partial charge is 0.308 e. The van der Waals surface area contributed by atoms with Gasteiger partial charge in [-0.1, -0.05) is 37.3 Å². The van der Waals surface area contributed by atoms with Crippen LogP contribution in [0.4, 0.5) is 0 Å². The van der Waals surface area contributed by atoms with Gasteiger partial charge in [-0.15, -0.1) is 0 Å². The van der Waals surface area contributed by atoms with Crippen LogP contribution in [0.1, 0.15) is 23.0 Å². The minimum Gasteiger partial charge on any atom is -0.481 e.